The number of aromatic amines is 1. The number of H-pyrrole nitrogens is 1. The number of likely N-dealkylation sites (N-methyl/N-ethyl adjacent to an activating group) is 1. The first-order valence-electron chi connectivity index (χ1n) is 7.59. The number of aromatic nitrogens is 1. The quantitative estimate of drug-likeness (QED) is 0.931. The highest BCUT2D eigenvalue weighted by molar-refractivity contribution is 6.30. The van der Waals surface area contributed by atoms with E-state index in [1.165, 1.54) is 19.4 Å². The number of hydrogen-bond acceptors (Lipinski definition) is 2. The SMILES string of the molecule is CCN1CCCC1C1CCCN1C(=O)c1cc(Cl)c[nH]1. The lowest BCUT2D eigenvalue weighted by molar-refractivity contribution is 0.0645. The number of nitrogens with zero attached hydrogens (tertiary/aromatic N) is 2. The minimum atomic E-state index is 0.0994. The molecule has 3 rings (SSSR count). The third-order valence-electron chi connectivity index (χ3n) is 4.70. The van der Waals surface area contributed by atoms with Gasteiger partial charge in [-0.25, -0.2) is 0 Å². The molecule has 0 saturated carbocycles. The Morgan fingerprint density at radius 1 is 1.35 bits per heavy atom. The van der Waals surface area contributed by atoms with Crippen molar-refractivity contribution < 1.29 is 4.79 Å². The van der Waals surface area contributed by atoms with Gasteiger partial charge in [0.1, 0.15) is 5.69 Å². The van der Waals surface area contributed by atoms with Crippen LogP contribution in [0.15, 0.2) is 12.3 Å². The van der Waals surface area contributed by atoms with Crippen LogP contribution in [-0.4, -0.2) is 52.4 Å². The van der Waals surface area contributed by atoms with E-state index in [0.717, 1.165) is 25.9 Å². The summed E-state index contributed by atoms with van der Waals surface area (Å²) in [6.07, 6.45) is 6.38. The molecule has 4 nitrogen and oxygen atoms in total. The van der Waals surface area contributed by atoms with E-state index in [9.17, 15) is 4.79 Å². The summed E-state index contributed by atoms with van der Waals surface area (Å²) in [5.74, 6) is 0.0994. The lowest BCUT2D eigenvalue weighted by atomic mass is 10.0. The molecule has 0 aliphatic carbocycles. The van der Waals surface area contributed by atoms with Crippen LogP contribution < -0.4 is 0 Å². The maximum atomic E-state index is 12.6. The Balaban J connectivity index is 1.77. The van der Waals surface area contributed by atoms with E-state index in [1.807, 2.05) is 0 Å². The van der Waals surface area contributed by atoms with Gasteiger partial charge in [0.15, 0.2) is 0 Å². The van der Waals surface area contributed by atoms with E-state index in [0.29, 0.717) is 22.8 Å². The molecule has 1 aromatic heterocycles. The topological polar surface area (TPSA) is 39.3 Å². The number of hydrogen-bond donors (Lipinski definition) is 1. The average molecular weight is 296 g/mol. The summed E-state index contributed by atoms with van der Waals surface area (Å²) < 4.78 is 0. The monoisotopic (exact) mass is 295 g/mol. The molecule has 0 radical (unpaired) electrons. The number of likely N-dealkylation sites (tertiary alicyclic amines) is 2. The fourth-order valence-corrected chi connectivity index (χ4v) is 3.93. The van der Waals surface area contributed by atoms with Gasteiger partial charge < -0.3 is 9.88 Å². The van der Waals surface area contributed by atoms with Gasteiger partial charge in [0.2, 0.25) is 0 Å². The van der Waals surface area contributed by atoms with E-state index in [1.54, 1.807) is 12.3 Å². The van der Waals surface area contributed by atoms with Crippen LogP contribution in [-0.2, 0) is 0 Å². The predicted octanol–water partition coefficient (Wildman–Crippen LogP) is 2.76. The molecule has 110 valence electrons. The minimum Gasteiger partial charge on any atom is -0.356 e. The summed E-state index contributed by atoms with van der Waals surface area (Å²) in [4.78, 5) is 20.2. The first-order valence-corrected chi connectivity index (χ1v) is 7.97. The molecule has 2 fully saturated rings. The van der Waals surface area contributed by atoms with E-state index in [4.69, 9.17) is 11.6 Å². The molecule has 1 N–H and O–H groups in total. The van der Waals surface area contributed by atoms with E-state index >= 15 is 0 Å². The highest BCUT2D eigenvalue weighted by atomic mass is 35.5. The Hall–Kier alpha value is -1.00. The highest BCUT2D eigenvalue weighted by Crippen LogP contribution is 2.30. The van der Waals surface area contributed by atoms with Crippen molar-refractivity contribution in [2.24, 2.45) is 0 Å². The van der Waals surface area contributed by atoms with Crippen molar-refractivity contribution in [1.29, 1.82) is 0 Å². The van der Waals surface area contributed by atoms with E-state index in [2.05, 4.69) is 21.7 Å². The second-order valence-corrected chi connectivity index (χ2v) is 6.21. The van der Waals surface area contributed by atoms with Crippen molar-refractivity contribution in [3.63, 3.8) is 0 Å². The van der Waals surface area contributed by atoms with Gasteiger partial charge in [-0.2, -0.15) is 0 Å². The second kappa shape index (κ2) is 5.78. The number of carbonyl (C=O) groups is 1. The van der Waals surface area contributed by atoms with Crippen molar-refractivity contribution in [1.82, 2.24) is 14.8 Å². The zero-order valence-electron chi connectivity index (χ0n) is 11.9. The number of amides is 1. The van der Waals surface area contributed by atoms with Crippen LogP contribution in [0.1, 0.15) is 43.1 Å². The molecule has 2 aliphatic rings. The summed E-state index contributed by atoms with van der Waals surface area (Å²) in [5, 5.41) is 0.597. The molecular formula is C15H22ClN3O. The van der Waals surface area contributed by atoms with Crippen molar-refractivity contribution in [3.05, 3.63) is 23.0 Å². The minimum absolute atomic E-state index is 0.0994. The Morgan fingerprint density at radius 3 is 2.80 bits per heavy atom. The zero-order valence-corrected chi connectivity index (χ0v) is 12.7. The van der Waals surface area contributed by atoms with Gasteiger partial charge in [-0.05, 0) is 44.8 Å². The number of rotatable bonds is 3. The Labute approximate surface area is 125 Å². The molecule has 20 heavy (non-hydrogen) atoms. The molecular weight excluding hydrogens is 274 g/mol. The summed E-state index contributed by atoms with van der Waals surface area (Å²) in [7, 11) is 0. The smallest absolute Gasteiger partial charge is 0.270 e. The maximum absolute atomic E-state index is 12.6. The molecule has 1 aromatic rings. The summed E-state index contributed by atoms with van der Waals surface area (Å²) in [6, 6.07) is 2.63. The number of carbonyl (C=O) groups excluding carboxylic acids is 1. The molecule has 0 bridgehead atoms. The van der Waals surface area contributed by atoms with Gasteiger partial charge in [-0.3, -0.25) is 9.69 Å². The van der Waals surface area contributed by atoms with Crippen LogP contribution in [0.3, 0.4) is 0 Å². The molecule has 5 heteroatoms. The van der Waals surface area contributed by atoms with Crippen molar-refractivity contribution in [2.45, 2.75) is 44.7 Å². The van der Waals surface area contributed by atoms with Crippen LogP contribution >= 0.6 is 11.6 Å². The van der Waals surface area contributed by atoms with Crippen LogP contribution in [0.2, 0.25) is 5.02 Å². The van der Waals surface area contributed by atoms with Gasteiger partial charge in [0, 0.05) is 24.8 Å². The summed E-state index contributed by atoms with van der Waals surface area (Å²) >= 11 is 5.91. The Kier molecular flexibility index (Phi) is 4.03. The van der Waals surface area contributed by atoms with E-state index < -0.39 is 0 Å². The summed E-state index contributed by atoms with van der Waals surface area (Å²) in [5.41, 5.74) is 0.614. The van der Waals surface area contributed by atoms with Gasteiger partial charge in [-0.15, -0.1) is 0 Å². The Morgan fingerprint density at radius 2 is 2.10 bits per heavy atom. The van der Waals surface area contributed by atoms with E-state index in [-0.39, 0.29) is 5.91 Å². The molecule has 0 aromatic carbocycles. The molecule has 0 spiro atoms. The van der Waals surface area contributed by atoms with Crippen molar-refractivity contribution >= 4 is 17.5 Å². The molecule has 2 atom stereocenters. The highest BCUT2D eigenvalue weighted by Gasteiger charge is 2.39. The van der Waals surface area contributed by atoms with Crippen LogP contribution in [0.4, 0.5) is 0 Å². The van der Waals surface area contributed by atoms with Gasteiger partial charge in [-0.1, -0.05) is 18.5 Å². The van der Waals surface area contributed by atoms with Crippen molar-refractivity contribution in [2.75, 3.05) is 19.6 Å². The number of halogens is 1. The summed E-state index contributed by atoms with van der Waals surface area (Å²) in [6.45, 7) is 5.34. The predicted molar refractivity (Wildman–Crippen MR) is 80.1 cm³/mol. The Bertz CT molecular complexity index is 487. The second-order valence-electron chi connectivity index (χ2n) is 5.78. The molecule has 2 saturated heterocycles. The zero-order chi connectivity index (χ0) is 14.1. The van der Waals surface area contributed by atoms with Crippen LogP contribution in [0.5, 0.6) is 0 Å². The van der Waals surface area contributed by atoms with Gasteiger partial charge in [0.25, 0.3) is 5.91 Å². The number of nitrogens with one attached hydrogen (secondary N) is 1. The van der Waals surface area contributed by atoms with Crippen LogP contribution in [0, 0.1) is 0 Å². The fraction of sp³-hybridized carbons (Fsp3) is 0.667. The molecule has 2 aliphatic heterocycles. The van der Waals surface area contributed by atoms with Crippen molar-refractivity contribution in [3.8, 4) is 0 Å². The van der Waals surface area contributed by atoms with Crippen LogP contribution in [0.25, 0.3) is 0 Å². The largest absolute Gasteiger partial charge is 0.356 e. The fourth-order valence-electron chi connectivity index (χ4n) is 3.77. The van der Waals surface area contributed by atoms with Gasteiger partial charge in [0.05, 0.1) is 5.02 Å². The standard InChI is InChI=1S/C15H22ClN3O/c1-2-18-7-3-5-13(18)14-6-4-8-19(14)15(20)12-9-11(16)10-17-12/h9-10,13-14,17H,2-8H2,1H3. The lowest BCUT2D eigenvalue weighted by Crippen LogP contribution is -2.48. The molecule has 3 heterocycles. The third-order valence-corrected chi connectivity index (χ3v) is 4.92. The third kappa shape index (κ3) is 2.47. The molecule has 1 amide bonds. The first kappa shape index (κ1) is 14.0. The normalized spacial score (nSPS) is 27.4. The average Bonchev–Trinajstić information content (AvgIpc) is 3.16. The molecule has 2 unspecified atom stereocenters. The first-order chi connectivity index (χ1) is 9.70. The lowest BCUT2D eigenvalue weighted by Gasteiger charge is -2.34. The van der Waals surface area contributed by atoms with Gasteiger partial charge >= 0.3 is 0 Å². The maximum Gasteiger partial charge on any atom is 0.270 e.